The Kier molecular flexibility index (Phi) is 5.34. The topological polar surface area (TPSA) is 69.6 Å². The van der Waals surface area contributed by atoms with Crippen LogP contribution >= 0.6 is 0 Å². The molecule has 0 radical (unpaired) electrons. The van der Waals surface area contributed by atoms with Crippen molar-refractivity contribution < 1.29 is 13.5 Å². The third kappa shape index (κ3) is 4.81. The summed E-state index contributed by atoms with van der Waals surface area (Å²) in [6, 6.07) is 5.49. The van der Waals surface area contributed by atoms with E-state index in [1.165, 1.54) is 24.3 Å². The number of aromatic hydroxyl groups is 1. The molecule has 0 aliphatic heterocycles. The van der Waals surface area contributed by atoms with Gasteiger partial charge in [-0.15, -0.1) is 0 Å². The fourth-order valence-corrected chi connectivity index (χ4v) is 3.11. The first-order valence-electron chi connectivity index (χ1n) is 6.18. The molecular weight excluding hydrogens is 264 g/mol. The fraction of sp³-hybridized carbons (Fsp3) is 0.538. The molecule has 2 N–H and O–H groups in total. The van der Waals surface area contributed by atoms with Crippen LogP contribution in [0.3, 0.4) is 0 Å². The molecule has 0 aliphatic carbocycles. The highest BCUT2D eigenvalue weighted by atomic mass is 32.2. The molecule has 0 aromatic heterocycles. The molecule has 6 heteroatoms. The lowest BCUT2D eigenvalue weighted by Crippen LogP contribution is -2.44. The predicted octanol–water partition coefficient (Wildman–Crippen LogP) is 1.26. The summed E-state index contributed by atoms with van der Waals surface area (Å²) in [6.45, 7) is 4.56. The number of likely N-dealkylation sites (N-methyl/N-ethyl adjacent to an activating group) is 1. The van der Waals surface area contributed by atoms with Crippen molar-refractivity contribution in [1.82, 2.24) is 9.62 Å². The first-order chi connectivity index (χ1) is 8.72. The number of phenols is 1. The lowest BCUT2D eigenvalue weighted by Gasteiger charge is -2.25. The van der Waals surface area contributed by atoms with Crippen LogP contribution in [0.2, 0.25) is 0 Å². The number of sulfonamides is 1. The van der Waals surface area contributed by atoms with Crippen molar-refractivity contribution in [3.63, 3.8) is 0 Å². The Morgan fingerprint density at radius 2 is 1.95 bits per heavy atom. The summed E-state index contributed by atoms with van der Waals surface area (Å²) in [5.41, 5.74) is 0. The minimum atomic E-state index is -3.61. The Morgan fingerprint density at radius 3 is 2.42 bits per heavy atom. The Hall–Kier alpha value is -1.11. The highest BCUT2D eigenvalue weighted by molar-refractivity contribution is 7.89. The maximum Gasteiger partial charge on any atom is 0.241 e. The minimum Gasteiger partial charge on any atom is -0.508 e. The summed E-state index contributed by atoms with van der Waals surface area (Å²) in [6.07, 6.45) is 0. The molecule has 19 heavy (non-hydrogen) atoms. The Labute approximate surface area is 115 Å². The number of nitrogens with one attached hydrogen (secondary N) is 1. The average molecular weight is 286 g/mol. The van der Waals surface area contributed by atoms with E-state index in [4.69, 9.17) is 0 Å². The average Bonchev–Trinajstić information content (AvgIpc) is 2.27. The van der Waals surface area contributed by atoms with Gasteiger partial charge in [0.05, 0.1) is 4.90 Å². The molecule has 1 aromatic rings. The van der Waals surface area contributed by atoms with E-state index < -0.39 is 10.0 Å². The minimum absolute atomic E-state index is 0.0587. The lowest BCUT2D eigenvalue weighted by atomic mass is 10.1. The van der Waals surface area contributed by atoms with Gasteiger partial charge in [-0.25, -0.2) is 13.1 Å². The fourth-order valence-electron chi connectivity index (χ4n) is 1.70. The second-order valence-electron chi connectivity index (χ2n) is 5.23. The van der Waals surface area contributed by atoms with Crippen LogP contribution in [0.15, 0.2) is 29.2 Å². The van der Waals surface area contributed by atoms with Gasteiger partial charge in [-0.1, -0.05) is 19.9 Å². The summed E-state index contributed by atoms with van der Waals surface area (Å²) in [5.74, 6) is 0.117. The van der Waals surface area contributed by atoms with Crippen molar-refractivity contribution >= 4 is 10.0 Å². The Bertz CT molecular complexity index is 512. The maximum absolute atomic E-state index is 12.2. The summed E-state index contributed by atoms with van der Waals surface area (Å²) >= 11 is 0. The Morgan fingerprint density at radius 1 is 1.32 bits per heavy atom. The monoisotopic (exact) mass is 286 g/mol. The zero-order chi connectivity index (χ0) is 14.6. The zero-order valence-electron chi connectivity index (χ0n) is 11.8. The van der Waals surface area contributed by atoms with Crippen LogP contribution in [0.1, 0.15) is 13.8 Å². The van der Waals surface area contributed by atoms with Gasteiger partial charge in [0.25, 0.3) is 0 Å². The highest BCUT2D eigenvalue weighted by Crippen LogP contribution is 2.17. The van der Waals surface area contributed by atoms with Gasteiger partial charge in [-0.05, 0) is 38.2 Å². The molecule has 1 rings (SSSR count). The molecule has 0 spiro atoms. The summed E-state index contributed by atoms with van der Waals surface area (Å²) in [7, 11) is 0.192. The number of hydrogen-bond acceptors (Lipinski definition) is 4. The molecule has 1 unspecified atom stereocenters. The van der Waals surface area contributed by atoms with E-state index in [1.54, 1.807) is 0 Å². The molecule has 0 saturated heterocycles. The van der Waals surface area contributed by atoms with Gasteiger partial charge in [0.1, 0.15) is 5.75 Å². The first kappa shape index (κ1) is 15.9. The van der Waals surface area contributed by atoms with Crippen LogP contribution in [-0.2, 0) is 10.0 Å². The summed E-state index contributed by atoms with van der Waals surface area (Å²) < 4.78 is 27.2. The van der Waals surface area contributed by atoms with E-state index in [0.29, 0.717) is 6.54 Å². The van der Waals surface area contributed by atoms with Gasteiger partial charge in [0, 0.05) is 12.6 Å². The number of phenolic OH excluding ortho intramolecular Hbond substituents is 1. The van der Waals surface area contributed by atoms with Gasteiger partial charge in [-0.2, -0.15) is 0 Å². The van der Waals surface area contributed by atoms with Gasteiger partial charge in [0.2, 0.25) is 10.0 Å². The van der Waals surface area contributed by atoms with Crippen molar-refractivity contribution in [3.05, 3.63) is 24.3 Å². The third-order valence-electron chi connectivity index (χ3n) is 2.80. The number of benzene rings is 1. The largest absolute Gasteiger partial charge is 0.508 e. The predicted molar refractivity (Wildman–Crippen MR) is 75.6 cm³/mol. The second-order valence-corrected chi connectivity index (χ2v) is 6.95. The number of nitrogens with zero attached hydrogens (tertiary/aromatic N) is 1. The number of rotatable bonds is 6. The van der Waals surface area contributed by atoms with Crippen LogP contribution in [-0.4, -0.2) is 45.1 Å². The maximum atomic E-state index is 12.2. The molecule has 108 valence electrons. The van der Waals surface area contributed by atoms with Crippen molar-refractivity contribution in [1.29, 1.82) is 0 Å². The molecule has 0 saturated carbocycles. The van der Waals surface area contributed by atoms with Crippen LogP contribution in [0.25, 0.3) is 0 Å². The Balaban J connectivity index is 2.94. The van der Waals surface area contributed by atoms with Crippen molar-refractivity contribution in [3.8, 4) is 5.75 Å². The molecule has 0 heterocycles. The summed E-state index contributed by atoms with van der Waals surface area (Å²) in [4.78, 5) is 2.02. The quantitative estimate of drug-likeness (QED) is 0.826. The second kappa shape index (κ2) is 6.36. The van der Waals surface area contributed by atoms with Crippen LogP contribution < -0.4 is 4.72 Å². The van der Waals surface area contributed by atoms with Crippen LogP contribution in [0.4, 0.5) is 0 Å². The van der Waals surface area contributed by atoms with Crippen LogP contribution in [0, 0.1) is 5.92 Å². The molecule has 0 amide bonds. The van der Waals surface area contributed by atoms with Gasteiger partial charge in [-0.3, -0.25) is 0 Å². The molecule has 1 aromatic carbocycles. The van der Waals surface area contributed by atoms with E-state index >= 15 is 0 Å². The smallest absolute Gasteiger partial charge is 0.241 e. The van der Waals surface area contributed by atoms with E-state index in [-0.39, 0.29) is 22.6 Å². The zero-order valence-corrected chi connectivity index (χ0v) is 12.6. The summed E-state index contributed by atoms with van der Waals surface area (Å²) in [5, 5.41) is 9.36. The van der Waals surface area contributed by atoms with Crippen molar-refractivity contribution in [2.45, 2.75) is 24.8 Å². The van der Waals surface area contributed by atoms with E-state index in [9.17, 15) is 13.5 Å². The molecule has 0 aliphatic rings. The molecular formula is C13H22N2O3S. The van der Waals surface area contributed by atoms with Gasteiger partial charge in [0.15, 0.2) is 0 Å². The SMILES string of the molecule is CC(C)C(CN(C)C)NS(=O)(=O)c1cccc(O)c1. The van der Waals surface area contributed by atoms with Crippen LogP contribution in [0.5, 0.6) is 5.75 Å². The normalized spacial score (nSPS) is 14.0. The number of hydrogen-bond donors (Lipinski definition) is 2. The highest BCUT2D eigenvalue weighted by Gasteiger charge is 2.23. The molecule has 1 atom stereocenters. The first-order valence-corrected chi connectivity index (χ1v) is 7.67. The van der Waals surface area contributed by atoms with E-state index in [2.05, 4.69) is 4.72 Å². The van der Waals surface area contributed by atoms with Crippen molar-refractivity contribution in [2.24, 2.45) is 5.92 Å². The van der Waals surface area contributed by atoms with E-state index in [1.807, 2.05) is 32.8 Å². The molecule has 5 nitrogen and oxygen atoms in total. The third-order valence-corrected chi connectivity index (χ3v) is 4.29. The molecule has 0 fully saturated rings. The molecule has 0 bridgehead atoms. The van der Waals surface area contributed by atoms with Gasteiger partial charge < -0.3 is 10.0 Å². The van der Waals surface area contributed by atoms with Crippen molar-refractivity contribution in [2.75, 3.05) is 20.6 Å². The lowest BCUT2D eigenvalue weighted by molar-refractivity contribution is 0.314. The van der Waals surface area contributed by atoms with Gasteiger partial charge >= 0.3 is 0 Å². The standard InChI is InChI=1S/C13H22N2O3S/c1-10(2)13(9-15(3)4)14-19(17,18)12-7-5-6-11(16)8-12/h5-8,10,13-14,16H,9H2,1-4H3. The van der Waals surface area contributed by atoms with E-state index in [0.717, 1.165) is 0 Å².